The maximum atomic E-state index is 11.7. The first-order valence-corrected chi connectivity index (χ1v) is 7.86. The molecule has 0 N–H and O–H groups in total. The third kappa shape index (κ3) is 4.40. The highest BCUT2D eigenvalue weighted by Gasteiger charge is 2.20. The van der Waals surface area contributed by atoms with Crippen LogP contribution in [0.15, 0.2) is 23.1 Å². The Morgan fingerprint density at radius 1 is 1.37 bits per heavy atom. The van der Waals surface area contributed by atoms with E-state index in [1.807, 2.05) is 13.8 Å². The normalized spacial score (nSPS) is 11.4. The number of halogens is 1. The zero-order valence-electron chi connectivity index (χ0n) is 10.8. The molecule has 0 saturated heterocycles. The fourth-order valence-electron chi connectivity index (χ4n) is 1.32. The number of ether oxygens (including phenoxy) is 2. The average molecular weight is 307 g/mol. The average Bonchev–Trinajstić information content (AvgIpc) is 2.34. The van der Waals surface area contributed by atoms with Gasteiger partial charge < -0.3 is 9.47 Å². The Kier molecular flexibility index (Phi) is 5.20. The molecule has 0 spiro atoms. The van der Waals surface area contributed by atoms with Gasteiger partial charge in [0.2, 0.25) is 0 Å². The smallest absolute Gasteiger partial charge is 0.338 e. The van der Waals surface area contributed by atoms with Crippen LogP contribution in [0.1, 0.15) is 24.2 Å². The molecule has 19 heavy (non-hydrogen) atoms. The monoisotopic (exact) mass is 306 g/mol. The topological polar surface area (TPSA) is 69.7 Å². The van der Waals surface area contributed by atoms with Gasteiger partial charge in [-0.15, -0.1) is 0 Å². The minimum atomic E-state index is -3.99. The molecule has 0 fully saturated rings. The van der Waals surface area contributed by atoms with Gasteiger partial charge in [-0.3, -0.25) is 0 Å². The molecule has 0 aromatic heterocycles. The molecule has 0 amide bonds. The lowest BCUT2D eigenvalue weighted by molar-refractivity contribution is 0.0458. The number of hydrogen-bond donors (Lipinski definition) is 0. The lowest BCUT2D eigenvalue weighted by atomic mass is 10.2. The summed E-state index contributed by atoms with van der Waals surface area (Å²) < 4.78 is 32.7. The van der Waals surface area contributed by atoms with Gasteiger partial charge in [0.05, 0.1) is 19.3 Å². The Bertz CT molecular complexity index is 565. The Morgan fingerprint density at radius 3 is 2.47 bits per heavy atom. The van der Waals surface area contributed by atoms with E-state index in [0.29, 0.717) is 0 Å². The second-order valence-corrected chi connectivity index (χ2v) is 6.83. The molecule has 5 nitrogen and oxygen atoms in total. The lowest BCUT2D eigenvalue weighted by Gasteiger charge is -2.09. The van der Waals surface area contributed by atoms with Crippen molar-refractivity contribution in [2.45, 2.75) is 18.7 Å². The van der Waals surface area contributed by atoms with Crippen LogP contribution in [0.2, 0.25) is 0 Å². The SMILES string of the molecule is COc1ccc(C(=O)OCC(C)C)cc1S(=O)(=O)Cl. The maximum Gasteiger partial charge on any atom is 0.338 e. The number of benzene rings is 1. The maximum absolute atomic E-state index is 11.7. The van der Waals surface area contributed by atoms with Crippen LogP contribution in [-0.4, -0.2) is 28.1 Å². The van der Waals surface area contributed by atoms with Crippen molar-refractivity contribution < 1.29 is 22.7 Å². The summed E-state index contributed by atoms with van der Waals surface area (Å²) in [6.07, 6.45) is 0. The van der Waals surface area contributed by atoms with Gasteiger partial charge in [0.1, 0.15) is 10.6 Å². The Morgan fingerprint density at radius 2 is 2.00 bits per heavy atom. The van der Waals surface area contributed by atoms with E-state index < -0.39 is 15.0 Å². The highest BCUT2D eigenvalue weighted by molar-refractivity contribution is 8.13. The van der Waals surface area contributed by atoms with Crippen LogP contribution in [0.25, 0.3) is 0 Å². The second-order valence-electron chi connectivity index (χ2n) is 4.30. The number of carbonyl (C=O) groups excluding carboxylic acids is 1. The molecule has 0 atom stereocenters. The second kappa shape index (κ2) is 6.25. The predicted octanol–water partition coefficient (Wildman–Crippen LogP) is 2.44. The van der Waals surface area contributed by atoms with Gasteiger partial charge >= 0.3 is 5.97 Å². The van der Waals surface area contributed by atoms with Crippen LogP contribution in [-0.2, 0) is 13.8 Å². The van der Waals surface area contributed by atoms with Crippen LogP contribution in [0.4, 0.5) is 0 Å². The molecule has 1 aromatic rings. The van der Waals surface area contributed by atoms with Gasteiger partial charge in [-0.25, -0.2) is 13.2 Å². The molecule has 0 bridgehead atoms. The molecular formula is C12H15ClO5S. The van der Waals surface area contributed by atoms with E-state index in [9.17, 15) is 13.2 Å². The van der Waals surface area contributed by atoms with Crippen LogP contribution in [0.3, 0.4) is 0 Å². The Hall–Kier alpha value is -1.27. The summed E-state index contributed by atoms with van der Waals surface area (Å²) in [6, 6.07) is 3.93. The Labute approximate surface area is 116 Å². The van der Waals surface area contributed by atoms with Crippen LogP contribution < -0.4 is 4.74 Å². The van der Waals surface area contributed by atoms with E-state index in [0.717, 1.165) is 6.07 Å². The van der Waals surface area contributed by atoms with Crippen molar-refractivity contribution in [1.82, 2.24) is 0 Å². The van der Waals surface area contributed by atoms with Crippen LogP contribution in [0, 0.1) is 5.92 Å². The molecule has 106 valence electrons. The van der Waals surface area contributed by atoms with E-state index in [-0.39, 0.29) is 28.7 Å². The minimum absolute atomic E-state index is 0.0791. The van der Waals surface area contributed by atoms with E-state index in [1.54, 1.807) is 0 Å². The fraction of sp³-hybridized carbons (Fsp3) is 0.417. The zero-order valence-corrected chi connectivity index (χ0v) is 12.4. The summed E-state index contributed by atoms with van der Waals surface area (Å²) in [5, 5.41) is 0. The molecular weight excluding hydrogens is 292 g/mol. The van der Waals surface area contributed by atoms with Crippen molar-refractivity contribution >= 4 is 25.7 Å². The standard InChI is InChI=1S/C12H15ClO5S/c1-8(2)7-18-12(14)9-4-5-10(17-3)11(6-9)19(13,15)16/h4-6,8H,7H2,1-3H3. The van der Waals surface area contributed by atoms with Crippen LogP contribution >= 0.6 is 10.7 Å². The summed E-state index contributed by atoms with van der Waals surface area (Å²) in [7, 11) is 2.61. The molecule has 0 aliphatic heterocycles. The number of carbonyl (C=O) groups is 1. The zero-order chi connectivity index (χ0) is 14.6. The number of esters is 1. The highest BCUT2D eigenvalue weighted by Crippen LogP contribution is 2.28. The van der Waals surface area contributed by atoms with Gasteiger partial charge in [0.25, 0.3) is 9.05 Å². The van der Waals surface area contributed by atoms with Crippen LogP contribution in [0.5, 0.6) is 5.75 Å². The molecule has 1 rings (SSSR count). The summed E-state index contributed by atoms with van der Waals surface area (Å²) in [6.45, 7) is 4.06. The van der Waals surface area contributed by atoms with Crippen molar-refractivity contribution in [3.05, 3.63) is 23.8 Å². The van der Waals surface area contributed by atoms with Gasteiger partial charge in [-0.1, -0.05) is 13.8 Å². The summed E-state index contributed by atoms with van der Waals surface area (Å²) in [5.74, 6) is -0.327. The van der Waals surface area contributed by atoms with E-state index in [2.05, 4.69) is 0 Å². The van der Waals surface area contributed by atoms with Gasteiger partial charge in [0.15, 0.2) is 0 Å². The molecule has 0 aliphatic rings. The van der Waals surface area contributed by atoms with Gasteiger partial charge in [0, 0.05) is 10.7 Å². The highest BCUT2D eigenvalue weighted by atomic mass is 35.7. The third-order valence-electron chi connectivity index (χ3n) is 2.21. The first-order chi connectivity index (χ1) is 8.75. The summed E-state index contributed by atoms with van der Waals surface area (Å²) >= 11 is 0. The third-order valence-corrected chi connectivity index (χ3v) is 3.55. The van der Waals surface area contributed by atoms with Crippen molar-refractivity contribution in [2.24, 2.45) is 5.92 Å². The molecule has 7 heteroatoms. The molecule has 1 aromatic carbocycles. The first-order valence-electron chi connectivity index (χ1n) is 5.55. The first kappa shape index (κ1) is 15.8. The van der Waals surface area contributed by atoms with Crippen molar-refractivity contribution in [1.29, 1.82) is 0 Å². The molecule has 0 aliphatic carbocycles. The lowest BCUT2D eigenvalue weighted by Crippen LogP contribution is -2.11. The van der Waals surface area contributed by atoms with Gasteiger partial charge in [-0.05, 0) is 24.1 Å². The Balaban J connectivity index is 3.09. The van der Waals surface area contributed by atoms with Crippen molar-refractivity contribution in [2.75, 3.05) is 13.7 Å². The minimum Gasteiger partial charge on any atom is -0.495 e. The summed E-state index contributed by atoms with van der Waals surface area (Å²) in [4.78, 5) is 11.5. The predicted molar refractivity (Wildman–Crippen MR) is 71.2 cm³/mol. The number of hydrogen-bond acceptors (Lipinski definition) is 5. The molecule has 0 unspecified atom stereocenters. The molecule has 0 heterocycles. The van der Waals surface area contributed by atoms with Crippen molar-refractivity contribution in [3.63, 3.8) is 0 Å². The van der Waals surface area contributed by atoms with E-state index in [4.69, 9.17) is 20.2 Å². The van der Waals surface area contributed by atoms with E-state index in [1.165, 1.54) is 19.2 Å². The van der Waals surface area contributed by atoms with E-state index >= 15 is 0 Å². The number of methoxy groups -OCH3 is 1. The fourth-order valence-corrected chi connectivity index (χ4v) is 2.34. The number of rotatable bonds is 5. The molecule has 0 radical (unpaired) electrons. The van der Waals surface area contributed by atoms with Crippen molar-refractivity contribution in [3.8, 4) is 5.75 Å². The summed E-state index contributed by atoms with van der Waals surface area (Å²) in [5.41, 5.74) is 0.112. The largest absolute Gasteiger partial charge is 0.495 e. The quantitative estimate of drug-likeness (QED) is 0.617. The van der Waals surface area contributed by atoms with Gasteiger partial charge in [-0.2, -0.15) is 0 Å². The molecule has 0 saturated carbocycles.